The van der Waals surface area contributed by atoms with Crippen LogP contribution in [0.3, 0.4) is 0 Å². The van der Waals surface area contributed by atoms with Crippen LogP contribution in [0.5, 0.6) is 0 Å². The van der Waals surface area contributed by atoms with Gasteiger partial charge in [0, 0.05) is 43.8 Å². The summed E-state index contributed by atoms with van der Waals surface area (Å²) in [6.07, 6.45) is 1.73. The van der Waals surface area contributed by atoms with Crippen molar-refractivity contribution in [3.63, 3.8) is 0 Å². The van der Waals surface area contributed by atoms with Crippen molar-refractivity contribution in [1.29, 1.82) is 5.26 Å². The summed E-state index contributed by atoms with van der Waals surface area (Å²) >= 11 is 0. The van der Waals surface area contributed by atoms with Crippen molar-refractivity contribution in [2.24, 2.45) is 0 Å². The lowest BCUT2D eigenvalue weighted by Gasteiger charge is -2.34. The monoisotopic (exact) mass is 456 g/mol. The highest BCUT2D eigenvalue weighted by atomic mass is 32.2. The molecule has 3 rings (SSSR count). The molecule has 0 atom stereocenters. The van der Waals surface area contributed by atoms with Crippen molar-refractivity contribution in [2.75, 3.05) is 44.2 Å². The molecule has 0 saturated carbocycles. The zero-order valence-corrected chi connectivity index (χ0v) is 18.4. The SMILES string of the molecule is N#CCCN(C(=O)CN1CCN(S(=O)(=O)/C=C/c2ccccc2)CC1)c1ccc(F)cc1. The Balaban J connectivity index is 1.58. The van der Waals surface area contributed by atoms with Crippen molar-refractivity contribution in [2.45, 2.75) is 6.42 Å². The molecular formula is C23H25FN4O3S. The van der Waals surface area contributed by atoms with Crippen molar-refractivity contribution < 1.29 is 17.6 Å². The van der Waals surface area contributed by atoms with Gasteiger partial charge >= 0.3 is 0 Å². The van der Waals surface area contributed by atoms with Gasteiger partial charge in [0.2, 0.25) is 15.9 Å². The number of carbonyl (C=O) groups is 1. The van der Waals surface area contributed by atoms with Gasteiger partial charge in [-0.25, -0.2) is 12.8 Å². The molecule has 0 radical (unpaired) electrons. The number of piperazine rings is 1. The molecule has 1 aliphatic heterocycles. The molecule has 0 N–H and O–H groups in total. The maximum Gasteiger partial charge on any atom is 0.241 e. The van der Waals surface area contributed by atoms with Gasteiger partial charge in [-0.2, -0.15) is 9.57 Å². The number of rotatable bonds is 8. The van der Waals surface area contributed by atoms with Crippen LogP contribution in [-0.4, -0.2) is 62.8 Å². The van der Waals surface area contributed by atoms with E-state index in [0.717, 1.165) is 5.56 Å². The lowest BCUT2D eigenvalue weighted by molar-refractivity contribution is -0.120. The first-order valence-corrected chi connectivity index (χ1v) is 11.8. The van der Waals surface area contributed by atoms with E-state index in [1.165, 1.54) is 38.9 Å². The summed E-state index contributed by atoms with van der Waals surface area (Å²) in [5.41, 5.74) is 1.33. The van der Waals surface area contributed by atoms with Crippen LogP contribution in [0.1, 0.15) is 12.0 Å². The molecule has 1 saturated heterocycles. The standard InChI is InChI=1S/C23H25FN4O3S/c24-21-7-9-22(10-8-21)28(13-4-12-25)23(29)19-26-14-16-27(17-15-26)32(30,31)18-11-20-5-2-1-3-6-20/h1-3,5-11,18H,4,13-17,19H2/b18-11+. The maximum atomic E-state index is 13.2. The normalized spacial score (nSPS) is 15.5. The summed E-state index contributed by atoms with van der Waals surface area (Å²) in [4.78, 5) is 16.2. The van der Waals surface area contributed by atoms with Crippen molar-refractivity contribution in [1.82, 2.24) is 9.21 Å². The summed E-state index contributed by atoms with van der Waals surface area (Å²) in [6.45, 7) is 1.70. The average Bonchev–Trinajstić information content (AvgIpc) is 2.80. The fourth-order valence-electron chi connectivity index (χ4n) is 3.41. The van der Waals surface area contributed by atoms with Crippen molar-refractivity contribution in [3.05, 3.63) is 71.4 Å². The lowest BCUT2D eigenvalue weighted by atomic mass is 10.2. The van der Waals surface area contributed by atoms with Crippen LogP contribution in [-0.2, 0) is 14.8 Å². The lowest BCUT2D eigenvalue weighted by Crippen LogP contribution is -2.51. The van der Waals surface area contributed by atoms with Crippen molar-refractivity contribution in [3.8, 4) is 6.07 Å². The Labute approximate surface area is 188 Å². The Morgan fingerprint density at radius 2 is 1.72 bits per heavy atom. The van der Waals surface area contributed by atoms with Gasteiger partial charge in [0.25, 0.3) is 0 Å². The van der Waals surface area contributed by atoms with Gasteiger partial charge in [-0.05, 0) is 35.9 Å². The number of nitriles is 1. The van der Waals surface area contributed by atoms with Gasteiger partial charge in [-0.1, -0.05) is 30.3 Å². The number of anilines is 1. The maximum absolute atomic E-state index is 13.2. The molecule has 9 heteroatoms. The molecule has 1 fully saturated rings. The number of sulfonamides is 1. The van der Waals surface area contributed by atoms with Gasteiger partial charge in [0.15, 0.2) is 0 Å². The summed E-state index contributed by atoms with van der Waals surface area (Å²) in [6, 6.07) is 16.8. The van der Waals surface area contributed by atoms with Gasteiger partial charge in [-0.3, -0.25) is 9.69 Å². The van der Waals surface area contributed by atoms with Crippen LogP contribution >= 0.6 is 0 Å². The third-order valence-electron chi connectivity index (χ3n) is 5.17. The molecule has 0 aliphatic carbocycles. The molecule has 2 aromatic carbocycles. The predicted molar refractivity (Wildman–Crippen MR) is 121 cm³/mol. The van der Waals surface area contributed by atoms with Crippen LogP contribution in [0.2, 0.25) is 0 Å². The Hall–Kier alpha value is -3.06. The molecule has 32 heavy (non-hydrogen) atoms. The fraction of sp³-hybridized carbons (Fsp3) is 0.304. The Morgan fingerprint density at radius 3 is 2.34 bits per heavy atom. The van der Waals surface area contributed by atoms with Crippen LogP contribution in [0.15, 0.2) is 60.0 Å². The Morgan fingerprint density at radius 1 is 1.06 bits per heavy atom. The number of halogens is 1. The minimum Gasteiger partial charge on any atom is -0.310 e. The first-order chi connectivity index (χ1) is 15.4. The van der Waals surface area contributed by atoms with Crippen LogP contribution < -0.4 is 4.90 Å². The average molecular weight is 457 g/mol. The number of nitrogens with zero attached hydrogens (tertiary/aromatic N) is 4. The van der Waals surface area contributed by atoms with E-state index < -0.39 is 15.8 Å². The second-order valence-electron chi connectivity index (χ2n) is 7.36. The molecule has 0 bridgehead atoms. The summed E-state index contributed by atoms with van der Waals surface area (Å²) in [5.74, 6) is -0.618. The molecule has 168 valence electrons. The molecule has 1 aliphatic rings. The molecule has 0 unspecified atom stereocenters. The molecule has 0 aromatic heterocycles. The molecule has 0 spiro atoms. The second kappa shape index (κ2) is 11.0. The smallest absolute Gasteiger partial charge is 0.241 e. The first kappa shape index (κ1) is 23.6. The largest absolute Gasteiger partial charge is 0.310 e. The van der Waals surface area contributed by atoms with Gasteiger partial charge in [0.1, 0.15) is 5.82 Å². The number of hydrogen-bond donors (Lipinski definition) is 0. The van der Waals surface area contributed by atoms with E-state index in [4.69, 9.17) is 5.26 Å². The third kappa shape index (κ3) is 6.47. The fourth-order valence-corrected chi connectivity index (χ4v) is 4.59. The molecule has 1 heterocycles. The third-order valence-corrected chi connectivity index (χ3v) is 6.73. The number of carbonyl (C=O) groups excluding carboxylic acids is 1. The van der Waals surface area contributed by atoms with Crippen LogP contribution in [0.25, 0.3) is 6.08 Å². The van der Waals surface area contributed by atoms with E-state index >= 15 is 0 Å². The summed E-state index contributed by atoms with van der Waals surface area (Å²) in [5, 5.41) is 10.1. The van der Waals surface area contributed by atoms with Crippen LogP contribution in [0, 0.1) is 17.1 Å². The first-order valence-electron chi connectivity index (χ1n) is 10.3. The Kier molecular flexibility index (Phi) is 8.11. The van der Waals surface area contributed by atoms with Gasteiger partial charge in [0.05, 0.1) is 19.0 Å². The number of benzene rings is 2. The molecular weight excluding hydrogens is 431 g/mol. The highest BCUT2D eigenvalue weighted by Crippen LogP contribution is 2.17. The highest BCUT2D eigenvalue weighted by molar-refractivity contribution is 7.92. The van der Waals surface area contributed by atoms with Crippen molar-refractivity contribution >= 4 is 27.7 Å². The predicted octanol–water partition coefficient (Wildman–Crippen LogP) is 2.69. The van der Waals surface area contributed by atoms with E-state index in [1.54, 1.807) is 6.08 Å². The van der Waals surface area contributed by atoms with E-state index in [1.807, 2.05) is 41.3 Å². The number of hydrogen-bond acceptors (Lipinski definition) is 5. The van der Waals surface area contributed by atoms with E-state index in [-0.39, 0.29) is 38.5 Å². The summed E-state index contributed by atoms with van der Waals surface area (Å²) in [7, 11) is -3.55. The minimum absolute atomic E-state index is 0.0938. The van der Waals surface area contributed by atoms with E-state index in [2.05, 4.69) is 0 Å². The molecule has 7 nitrogen and oxygen atoms in total. The highest BCUT2D eigenvalue weighted by Gasteiger charge is 2.27. The second-order valence-corrected chi connectivity index (χ2v) is 9.18. The van der Waals surface area contributed by atoms with Gasteiger partial charge in [-0.15, -0.1) is 0 Å². The summed E-state index contributed by atoms with van der Waals surface area (Å²) < 4.78 is 39.9. The number of amides is 1. The van der Waals surface area contributed by atoms with E-state index in [9.17, 15) is 17.6 Å². The topological polar surface area (TPSA) is 84.7 Å². The van der Waals surface area contributed by atoms with Crippen LogP contribution in [0.4, 0.5) is 10.1 Å². The zero-order chi connectivity index (χ0) is 23.0. The quantitative estimate of drug-likeness (QED) is 0.610. The zero-order valence-electron chi connectivity index (χ0n) is 17.6. The van der Waals surface area contributed by atoms with Gasteiger partial charge < -0.3 is 4.90 Å². The Bertz CT molecular complexity index is 1070. The molecule has 2 aromatic rings. The molecule has 1 amide bonds. The minimum atomic E-state index is -3.55. The van der Waals surface area contributed by atoms with E-state index in [0.29, 0.717) is 18.8 Å².